The van der Waals surface area contributed by atoms with Gasteiger partial charge >= 0.3 is 0 Å². The molecule has 1 aliphatic rings. The lowest BCUT2D eigenvalue weighted by Crippen LogP contribution is -2.41. The number of halogens is 2. The highest BCUT2D eigenvalue weighted by Crippen LogP contribution is 2.27. The highest BCUT2D eigenvalue weighted by molar-refractivity contribution is 5.28. The van der Waals surface area contributed by atoms with Crippen molar-refractivity contribution in [3.8, 4) is 5.75 Å². The number of nitrogens with zero attached hydrogens (tertiary/aromatic N) is 1. The van der Waals surface area contributed by atoms with E-state index in [-0.39, 0.29) is 12.8 Å². The van der Waals surface area contributed by atoms with E-state index in [9.17, 15) is 8.78 Å². The van der Waals surface area contributed by atoms with Gasteiger partial charge in [0, 0.05) is 32.5 Å². The van der Waals surface area contributed by atoms with Gasteiger partial charge < -0.3 is 10.5 Å². The minimum Gasteiger partial charge on any atom is -0.492 e. The maximum Gasteiger partial charge on any atom is 0.250 e. The molecule has 1 fully saturated rings. The maximum atomic E-state index is 13.0. The second-order valence-electron chi connectivity index (χ2n) is 5.23. The van der Waals surface area contributed by atoms with E-state index in [4.69, 9.17) is 10.5 Å². The molecule has 0 spiro atoms. The molecule has 0 bridgehead atoms. The summed E-state index contributed by atoms with van der Waals surface area (Å²) < 4.78 is 31.7. The first-order valence-corrected chi connectivity index (χ1v) is 7.11. The van der Waals surface area contributed by atoms with Crippen molar-refractivity contribution in [2.24, 2.45) is 5.73 Å². The SMILES string of the molecule is NCCc1cccc(OCCN2CCC(F)(F)CC2)c1. The van der Waals surface area contributed by atoms with Gasteiger partial charge in [0.1, 0.15) is 12.4 Å². The number of benzene rings is 1. The van der Waals surface area contributed by atoms with Crippen LogP contribution < -0.4 is 10.5 Å². The topological polar surface area (TPSA) is 38.5 Å². The molecule has 20 heavy (non-hydrogen) atoms. The van der Waals surface area contributed by atoms with Gasteiger partial charge in [-0.25, -0.2) is 8.78 Å². The van der Waals surface area contributed by atoms with Crippen molar-refractivity contribution in [3.05, 3.63) is 29.8 Å². The van der Waals surface area contributed by atoms with Gasteiger partial charge in [0.05, 0.1) is 0 Å². The van der Waals surface area contributed by atoms with Crippen LogP contribution in [0.3, 0.4) is 0 Å². The molecule has 1 heterocycles. The third-order valence-corrected chi connectivity index (χ3v) is 3.60. The molecule has 2 N–H and O–H groups in total. The average molecular weight is 284 g/mol. The third kappa shape index (κ3) is 4.72. The Kier molecular flexibility index (Phi) is 5.31. The predicted molar refractivity (Wildman–Crippen MR) is 75.3 cm³/mol. The summed E-state index contributed by atoms with van der Waals surface area (Å²) in [5, 5.41) is 0. The summed E-state index contributed by atoms with van der Waals surface area (Å²) in [6.45, 7) is 2.73. The fourth-order valence-corrected chi connectivity index (χ4v) is 2.35. The molecule has 3 nitrogen and oxygen atoms in total. The number of hydrogen-bond donors (Lipinski definition) is 1. The second kappa shape index (κ2) is 6.99. The van der Waals surface area contributed by atoms with Crippen LogP contribution in [0.15, 0.2) is 24.3 Å². The molecular weight excluding hydrogens is 262 g/mol. The van der Waals surface area contributed by atoms with Crippen LogP contribution in [-0.2, 0) is 6.42 Å². The number of hydrogen-bond acceptors (Lipinski definition) is 3. The fourth-order valence-electron chi connectivity index (χ4n) is 2.35. The first-order valence-electron chi connectivity index (χ1n) is 7.11. The van der Waals surface area contributed by atoms with Crippen LogP contribution >= 0.6 is 0 Å². The lowest BCUT2D eigenvalue weighted by molar-refractivity contribution is -0.0564. The van der Waals surface area contributed by atoms with Crippen LogP contribution in [0, 0.1) is 0 Å². The molecule has 1 aliphatic heterocycles. The molecule has 0 unspecified atom stereocenters. The Bertz CT molecular complexity index is 416. The van der Waals surface area contributed by atoms with Crippen molar-refractivity contribution < 1.29 is 13.5 Å². The molecule has 0 saturated carbocycles. The summed E-state index contributed by atoms with van der Waals surface area (Å²) in [5.41, 5.74) is 6.68. The molecule has 2 rings (SSSR count). The first-order chi connectivity index (χ1) is 9.59. The smallest absolute Gasteiger partial charge is 0.250 e. The zero-order valence-corrected chi connectivity index (χ0v) is 11.7. The summed E-state index contributed by atoms with van der Waals surface area (Å²) in [5.74, 6) is -1.66. The monoisotopic (exact) mass is 284 g/mol. The van der Waals surface area contributed by atoms with Gasteiger partial charge in [0.2, 0.25) is 0 Å². The van der Waals surface area contributed by atoms with Gasteiger partial charge in [-0.1, -0.05) is 12.1 Å². The Labute approximate surface area is 118 Å². The number of piperidine rings is 1. The quantitative estimate of drug-likeness (QED) is 0.871. The molecule has 1 saturated heterocycles. The van der Waals surface area contributed by atoms with Crippen molar-refractivity contribution >= 4 is 0 Å². The second-order valence-corrected chi connectivity index (χ2v) is 5.23. The predicted octanol–water partition coefficient (Wildman–Crippen LogP) is 2.30. The van der Waals surface area contributed by atoms with Crippen LogP contribution in [0.5, 0.6) is 5.75 Å². The number of alkyl halides is 2. The number of nitrogens with two attached hydrogens (primary N) is 1. The molecule has 112 valence electrons. The lowest BCUT2D eigenvalue weighted by atomic mass is 10.1. The fraction of sp³-hybridized carbons (Fsp3) is 0.600. The van der Waals surface area contributed by atoms with Crippen LogP contribution in [0.1, 0.15) is 18.4 Å². The normalized spacial score (nSPS) is 18.9. The van der Waals surface area contributed by atoms with Crippen LogP contribution in [-0.4, -0.2) is 43.6 Å². The summed E-state index contributed by atoms with van der Waals surface area (Å²) in [6, 6.07) is 7.86. The zero-order valence-electron chi connectivity index (χ0n) is 11.7. The Hall–Kier alpha value is -1.20. The molecule has 1 aromatic rings. The van der Waals surface area contributed by atoms with E-state index in [1.807, 2.05) is 29.2 Å². The third-order valence-electron chi connectivity index (χ3n) is 3.60. The minimum absolute atomic E-state index is 0.0427. The first kappa shape index (κ1) is 15.2. The number of ether oxygens (including phenoxy) is 1. The molecule has 0 aliphatic carbocycles. The molecule has 1 aromatic carbocycles. The summed E-state index contributed by atoms with van der Waals surface area (Å²) in [7, 11) is 0. The van der Waals surface area contributed by atoms with Crippen LogP contribution in [0.2, 0.25) is 0 Å². The van der Waals surface area contributed by atoms with Crippen molar-refractivity contribution in [3.63, 3.8) is 0 Å². The van der Waals surface area contributed by atoms with E-state index in [1.165, 1.54) is 0 Å². The van der Waals surface area contributed by atoms with Gasteiger partial charge in [-0.3, -0.25) is 4.90 Å². The average Bonchev–Trinajstić information content (AvgIpc) is 2.42. The molecule has 0 aromatic heterocycles. The highest BCUT2D eigenvalue weighted by Gasteiger charge is 2.33. The number of likely N-dealkylation sites (tertiary alicyclic amines) is 1. The van der Waals surface area contributed by atoms with E-state index in [0.29, 0.717) is 32.8 Å². The van der Waals surface area contributed by atoms with Gasteiger partial charge in [0.25, 0.3) is 5.92 Å². The Balaban J connectivity index is 1.72. The Morgan fingerprint density at radius 2 is 2.00 bits per heavy atom. The van der Waals surface area contributed by atoms with Gasteiger partial charge in [-0.2, -0.15) is 0 Å². The van der Waals surface area contributed by atoms with Gasteiger partial charge in [0.15, 0.2) is 0 Å². The largest absolute Gasteiger partial charge is 0.492 e. The number of rotatable bonds is 6. The van der Waals surface area contributed by atoms with E-state index < -0.39 is 5.92 Å². The molecule has 5 heteroatoms. The van der Waals surface area contributed by atoms with Crippen molar-refractivity contribution in [2.75, 3.05) is 32.8 Å². The summed E-state index contributed by atoms with van der Waals surface area (Å²) >= 11 is 0. The molecule has 0 atom stereocenters. The van der Waals surface area contributed by atoms with E-state index in [0.717, 1.165) is 17.7 Å². The molecular formula is C15H22F2N2O. The Morgan fingerprint density at radius 3 is 2.70 bits per heavy atom. The standard InChI is InChI=1S/C15H22F2N2O/c16-15(17)5-8-19(9-6-15)10-11-20-14-3-1-2-13(12-14)4-7-18/h1-3,12H,4-11,18H2. The zero-order chi connectivity index (χ0) is 14.4. The van der Waals surface area contributed by atoms with Crippen LogP contribution in [0.25, 0.3) is 0 Å². The lowest BCUT2D eigenvalue weighted by Gasteiger charge is -2.31. The Morgan fingerprint density at radius 1 is 1.25 bits per heavy atom. The van der Waals surface area contributed by atoms with E-state index >= 15 is 0 Å². The van der Waals surface area contributed by atoms with E-state index in [2.05, 4.69) is 0 Å². The van der Waals surface area contributed by atoms with E-state index in [1.54, 1.807) is 0 Å². The summed E-state index contributed by atoms with van der Waals surface area (Å²) in [6.07, 6.45) is 0.746. The minimum atomic E-state index is -2.48. The van der Waals surface area contributed by atoms with Gasteiger partial charge in [-0.05, 0) is 30.7 Å². The molecule has 0 radical (unpaired) electrons. The van der Waals surface area contributed by atoms with Crippen molar-refractivity contribution in [1.29, 1.82) is 0 Å². The van der Waals surface area contributed by atoms with Crippen LogP contribution in [0.4, 0.5) is 8.78 Å². The molecule has 0 amide bonds. The van der Waals surface area contributed by atoms with Crippen molar-refractivity contribution in [2.45, 2.75) is 25.2 Å². The summed E-state index contributed by atoms with van der Waals surface area (Å²) in [4.78, 5) is 2.03. The van der Waals surface area contributed by atoms with Crippen molar-refractivity contribution in [1.82, 2.24) is 4.90 Å². The maximum absolute atomic E-state index is 13.0. The highest BCUT2D eigenvalue weighted by atomic mass is 19.3. The van der Waals surface area contributed by atoms with Gasteiger partial charge in [-0.15, -0.1) is 0 Å².